The summed E-state index contributed by atoms with van der Waals surface area (Å²) in [6, 6.07) is 21.3. The maximum atomic E-state index is 11.6. The predicted molar refractivity (Wildman–Crippen MR) is 97.8 cm³/mol. The third-order valence-electron chi connectivity index (χ3n) is 3.71. The molecule has 5 heteroatoms. The van der Waals surface area contributed by atoms with E-state index in [1.54, 1.807) is 25.1 Å². The van der Waals surface area contributed by atoms with Gasteiger partial charge in [0.15, 0.2) is 0 Å². The number of rotatable bonds is 6. The average molecular weight is 341 g/mol. The predicted octanol–water partition coefficient (Wildman–Crippen LogP) is 4.18. The molecule has 0 aliphatic carbocycles. The third kappa shape index (κ3) is 4.06. The molecule has 4 nitrogen and oxygen atoms in total. The minimum absolute atomic E-state index is 0.0369. The molecule has 124 valence electrons. The van der Waals surface area contributed by atoms with Crippen LogP contribution in [0.15, 0.2) is 66.7 Å². The Morgan fingerprint density at radius 2 is 1.71 bits per heavy atom. The topological polar surface area (TPSA) is 55.4 Å². The third-order valence-corrected chi connectivity index (χ3v) is 5.01. The van der Waals surface area contributed by atoms with Crippen LogP contribution in [0.4, 0.5) is 5.69 Å². The van der Waals surface area contributed by atoms with Crippen molar-refractivity contribution in [1.29, 1.82) is 0 Å². The first-order valence-electron chi connectivity index (χ1n) is 7.77. The standard InChI is InChI=1S/C19H19NO3S/c1-2-24(21,22)20-18-8-5-9-19(13-18)23-14-15-10-11-16-6-3-4-7-17(16)12-15/h3-13,20H,2,14H2,1H3. The second kappa shape index (κ2) is 6.93. The molecule has 0 aliphatic rings. The van der Waals surface area contributed by atoms with Crippen LogP contribution in [0.25, 0.3) is 10.8 Å². The van der Waals surface area contributed by atoms with Crippen LogP contribution in [0.5, 0.6) is 5.75 Å². The van der Waals surface area contributed by atoms with E-state index in [9.17, 15) is 8.42 Å². The van der Waals surface area contributed by atoms with Crippen molar-refractivity contribution in [2.75, 3.05) is 10.5 Å². The second-order valence-electron chi connectivity index (χ2n) is 5.50. The van der Waals surface area contributed by atoms with Crippen LogP contribution < -0.4 is 9.46 Å². The summed E-state index contributed by atoms with van der Waals surface area (Å²) in [6.45, 7) is 2.03. The van der Waals surface area contributed by atoms with Crippen LogP contribution in [-0.4, -0.2) is 14.2 Å². The fourth-order valence-electron chi connectivity index (χ4n) is 2.40. The first-order chi connectivity index (χ1) is 11.6. The van der Waals surface area contributed by atoms with Gasteiger partial charge in [0.1, 0.15) is 12.4 Å². The average Bonchev–Trinajstić information content (AvgIpc) is 2.60. The van der Waals surface area contributed by atoms with Crippen molar-refractivity contribution in [2.45, 2.75) is 13.5 Å². The lowest BCUT2D eigenvalue weighted by Crippen LogP contribution is -2.14. The van der Waals surface area contributed by atoms with Crippen molar-refractivity contribution in [3.05, 3.63) is 72.3 Å². The summed E-state index contributed by atoms with van der Waals surface area (Å²) >= 11 is 0. The largest absolute Gasteiger partial charge is 0.489 e. The Hall–Kier alpha value is -2.53. The fraction of sp³-hybridized carbons (Fsp3) is 0.158. The maximum absolute atomic E-state index is 11.6. The van der Waals surface area contributed by atoms with Crippen molar-refractivity contribution in [1.82, 2.24) is 0 Å². The zero-order valence-electron chi connectivity index (χ0n) is 13.4. The molecular weight excluding hydrogens is 322 g/mol. The van der Waals surface area contributed by atoms with Crippen molar-refractivity contribution < 1.29 is 13.2 Å². The highest BCUT2D eigenvalue weighted by Crippen LogP contribution is 2.21. The number of hydrogen-bond donors (Lipinski definition) is 1. The van der Waals surface area contributed by atoms with Crippen molar-refractivity contribution in [3.8, 4) is 5.75 Å². The van der Waals surface area contributed by atoms with Gasteiger partial charge in [-0.1, -0.05) is 42.5 Å². The van der Waals surface area contributed by atoms with E-state index in [1.807, 2.05) is 24.3 Å². The Morgan fingerprint density at radius 1 is 0.917 bits per heavy atom. The van der Waals surface area contributed by atoms with E-state index >= 15 is 0 Å². The highest BCUT2D eigenvalue weighted by atomic mass is 32.2. The quantitative estimate of drug-likeness (QED) is 0.732. The number of anilines is 1. The van der Waals surface area contributed by atoms with Crippen LogP contribution in [0.1, 0.15) is 12.5 Å². The van der Waals surface area contributed by atoms with E-state index in [0.29, 0.717) is 18.0 Å². The van der Waals surface area contributed by atoms with E-state index in [2.05, 4.69) is 29.0 Å². The van der Waals surface area contributed by atoms with Crippen molar-refractivity contribution >= 4 is 26.5 Å². The van der Waals surface area contributed by atoms with E-state index < -0.39 is 10.0 Å². The van der Waals surface area contributed by atoms with Gasteiger partial charge in [0.25, 0.3) is 0 Å². The van der Waals surface area contributed by atoms with Gasteiger partial charge in [-0.3, -0.25) is 4.72 Å². The molecule has 0 aliphatic heterocycles. The Kier molecular flexibility index (Phi) is 4.71. The van der Waals surface area contributed by atoms with Crippen LogP contribution in [0.2, 0.25) is 0 Å². The molecule has 0 saturated carbocycles. The van der Waals surface area contributed by atoms with Crippen LogP contribution in [-0.2, 0) is 16.6 Å². The smallest absolute Gasteiger partial charge is 0.232 e. The number of ether oxygens (including phenoxy) is 1. The first-order valence-corrected chi connectivity index (χ1v) is 9.42. The van der Waals surface area contributed by atoms with Gasteiger partial charge in [-0.05, 0) is 41.5 Å². The minimum atomic E-state index is -3.29. The molecule has 0 fully saturated rings. The van der Waals surface area contributed by atoms with Crippen molar-refractivity contribution in [2.24, 2.45) is 0 Å². The fourth-order valence-corrected chi connectivity index (χ4v) is 3.03. The van der Waals surface area contributed by atoms with Gasteiger partial charge >= 0.3 is 0 Å². The monoisotopic (exact) mass is 341 g/mol. The van der Waals surface area contributed by atoms with Gasteiger partial charge in [-0.2, -0.15) is 0 Å². The molecule has 3 aromatic rings. The van der Waals surface area contributed by atoms with Crippen LogP contribution in [0, 0.1) is 0 Å². The molecule has 0 spiro atoms. The van der Waals surface area contributed by atoms with E-state index in [0.717, 1.165) is 5.56 Å². The summed E-state index contributed by atoms with van der Waals surface area (Å²) in [4.78, 5) is 0. The molecule has 3 rings (SSSR count). The molecule has 0 amide bonds. The molecule has 0 heterocycles. The first kappa shape index (κ1) is 16.3. The van der Waals surface area contributed by atoms with E-state index in [1.165, 1.54) is 10.8 Å². The molecule has 0 aromatic heterocycles. The normalized spacial score (nSPS) is 11.4. The lowest BCUT2D eigenvalue weighted by molar-refractivity contribution is 0.306. The van der Waals surface area contributed by atoms with Gasteiger partial charge < -0.3 is 4.74 Å². The Labute approximate surface area is 142 Å². The lowest BCUT2D eigenvalue weighted by Gasteiger charge is -2.10. The molecule has 0 radical (unpaired) electrons. The highest BCUT2D eigenvalue weighted by Gasteiger charge is 2.07. The number of fused-ring (bicyclic) bond motifs is 1. The number of hydrogen-bond acceptors (Lipinski definition) is 3. The summed E-state index contributed by atoms with van der Waals surface area (Å²) in [5.41, 5.74) is 1.57. The lowest BCUT2D eigenvalue weighted by atomic mass is 10.1. The zero-order valence-corrected chi connectivity index (χ0v) is 14.2. The summed E-state index contributed by atoms with van der Waals surface area (Å²) < 4.78 is 31.6. The van der Waals surface area contributed by atoms with Gasteiger partial charge in [-0.15, -0.1) is 0 Å². The molecule has 3 aromatic carbocycles. The molecule has 24 heavy (non-hydrogen) atoms. The molecule has 0 bridgehead atoms. The summed E-state index contributed by atoms with van der Waals surface area (Å²) in [5, 5.41) is 2.36. The van der Waals surface area contributed by atoms with E-state index in [4.69, 9.17) is 4.74 Å². The molecule has 0 atom stereocenters. The van der Waals surface area contributed by atoms with Crippen molar-refractivity contribution in [3.63, 3.8) is 0 Å². The SMILES string of the molecule is CCS(=O)(=O)Nc1cccc(OCc2ccc3ccccc3c2)c1. The van der Waals surface area contributed by atoms with Gasteiger partial charge in [0.2, 0.25) is 10.0 Å². The summed E-state index contributed by atoms with van der Waals surface area (Å²) in [7, 11) is -3.29. The second-order valence-corrected chi connectivity index (χ2v) is 7.51. The number of sulfonamides is 1. The Morgan fingerprint density at radius 3 is 2.50 bits per heavy atom. The van der Waals surface area contributed by atoms with Gasteiger partial charge in [-0.25, -0.2) is 8.42 Å². The van der Waals surface area contributed by atoms with Crippen LogP contribution in [0.3, 0.4) is 0 Å². The Bertz CT molecular complexity index is 951. The molecule has 1 N–H and O–H groups in total. The van der Waals surface area contributed by atoms with Gasteiger partial charge in [0.05, 0.1) is 11.4 Å². The number of nitrogens with one attached hydrogen (secondary N) is 1. The number of benzene rings is 3. The maximum Gasteiger partial charge on any atom is 0.232 e. The molecular formula is C19H19NO3S. The molecule has 0 unspecified atom stereocenters. The highest BCUT2D eigenvalue weighted by molar-refractivity contribution is 7.92. The summed E-state index contributed by atoms with van der Waals surface area (Å²) in [6.07, 6.45) is 0. The minimum Gasteiger partial charge on any atom is -0.489 e. The van der Waals surface area contributed by atoms with Gasteiger partial charge in [0, 0.05) is 6.07 Å². The summed E-state index contributed by atoms with van der Waals surface area (Å²) in [5.74, 6) is 0.661. The van der Waals surface area contributed by atoms with Crippen LogP contribution >= 0.6 is 0 Å². The molecule has 0 saturated heterocycles. The Balaban J connectivity index is 1.71. The van der Waals surface area contributed by atoms with E-state index in [-0.39, 0.29) is 5.75 Å². The zero-order chi connectivity index (χ0) is 17.0.